The summed E-state index contributed by atoms with van der Waals surface area (Å²) in [6, 6.07) is 15.5. The van der Waals surface area contributed by atoms with Crippen molar-refractivity contribution in [3.63, 3.8) is 0 Å². The highest BCUT2D eigenvalue weighted by molar-refractivity contribution is 5.46. The Kier molecular flexibility index (Phi) is 6.63. The van der Waals surface area contributed by atoms with Crippen molar-refractivity contribution in [3.8, 4) is 0 Å². The van der Waals surface area contributed by atoms with E-state index in [1.54, 1.807) is 6.26 Å². The van der Waals surface area contributed by atoms with E-state index in [0.717, 1.165) is 30.7 Å². The van der Waals surface area contributed by atoms with E-state index in [1.165, 1.54) is 49.9 Å². The first-order valence-corrected chi connectivity index (χ1v) is 10.7. The van der Waals surface area contributed by atoms with E-state index in [-0.39, 0.29) is 0 Å². The quantitative estimate of drug-likeness (QED) is 0.759. The van der Waals surface area contributed by atoms with Crippen molar-refractivity contribution in [2.75, 3.05) is 26.2 Å². The van der Waals surface area contributed by atoms with Crippen molar-refractivity contribution in [2.24, 2.45) is 11.8 Å². The number of aryl methyl sites for hydroxylation is 1. The van der Waals surface area contributed by atoms with Gasteiger partial charge in [-0.25, -0.2) is 0 Å². The Balaban J connectivity index is 1.24. The van der Waals surface area contributed by atoms with Gasteiger partial charge in [0.1, 0.15) is 5.76 Å². The number of nitrogens with zero attached hydrogens (tertiary/aromatic N) is 1. The van der Waals surface area contributed by atoms with Gasteiger partial charge in [-0.1, -0.05) is 35.9 Å². The van der Waals surface area contributed by atoms with Crippen LogP contribution in [0.1, 0.15) is 37.5 Å². The predicted molar refractivity (Wildman–Crippen MR) is 115 cm³/mol. The zero-order valence-electron chi connectivity index (χ0n) is 16.9. The second kappa shape index (κ2) is 9.55. The van der Waals surface area contributed by atoms with Crippen molar-refractivity contribution in [1.82, 2.24) is 15.8 Å². The first-order chi connectivity index (χ1) is 13.8. The van der Waals surface area contributed by atoms with Gasteiger partial charge in [0.05, 0.1) is 6.26 Å². The molecule has 4 nitrogen and oxygen atoms in total. The Morgan fingerprint density at radius 1 is 1.14 bits per heavy atom. The molecule has 4 rings (SSSR count). The molecule has 150 valence electrons. The number of nitrogens with one attached hydrogen (secondary N) is 2. The Hall–Kier alpha value is -1.88. The van der Waals surface area contributed by atoms with Crippen LogP contribution in [0.3, 0.4) is 0 Å². The summed E-state index contributed by atoms with van der Waals surface area (Å²) in [5.41, 5.74) is 9.88. The third-order valence-electron chi connectivity index (χ3n) is 6.33. The van der Waals surface area contributed by atoms with Crippen LogP contribution in [-0.2, 0) is 6.42 Å². The Bertz CT molecular complexity index is 732. The predicted octanol–water partition coefficient (Wildman–Crippen LogP) is 4.12. The zero-order chi connectivity index (χ0) is 19.2. The molecule has 0 amide bonds. The average Bonchev–Trinajstić information content (AvgIpc) is 3.40. The fourth-order valence-electron chi connectivity index (χ4n) is 4.82. The molecule has 2 N–H and O–H groups in total. The minimum atomic E-state index is 0.616. The normalized spacial score (nSPS) is 24.7. The molecule has 1 aromatic carbocycles. The number of hydrogen-bond acceptors (Lipinski definition) is 4. The summed E-state index contributed by atoms with van der Waals surface area (Å²) in [5, 5.41) is 0. The molecular weight excluding hydrogens is 346 g/mol. The van der Waals surface area contributed by atoms with Crippen molar-refractivity contribution in [1.29, 1.82) is 0 Å². The van der Waals surface area contributed by atoms with E-state index >= 15 is 0 Å². The van der Waals surface area contributed by atoms with Gasteiger partial charge in [-0.3, -0.25) is 15.8 Å². The van der Waals surface area contributed by atoms with Crippen molar-refractivity contribution >= 4 is 6.08 Å². The fourth-order valence-corrected chi connectivity index (χ4v) is 4.82. The van der Waals surface area contributed by atoms with Crippen molar-refractivity contribution in [2.45, 2.75) is 38.6 Å². The van der Waals surface area contributed by atoms with Gasteiger partial charge < -0.3 is 4.42 Å². The summed E-state index contributed by atoms with van der Waals surface area (Å²) in [5.74, 6) is 2.47. The molecule has 1 aromatic heterocycles. The lowest BCUT2D eigenvalue weighted by Crippen LogP contribution is -2.44. The molecule has 2 aliphatic rings. The van der Waals surface area contributed by atoms with Gasteiger partial charge in [0.2, 0.25) is 0 Å². The molecule has 0 spiro atoms. The van der Waals surface area contributed by atoms with E-state index in [0.29, 0.717) is 6.04 Å². The summed E-state index contributed by atoms with van der Waals surface area (Å²) >= 11 is 0. The number of hydrazine groups is 1. The number of likely N-dealkylation sites (tertiary alicyclic amines) is 1. The maximum atomic E-state index is 5.43. The first kappa shape index (κ1) is 19.4. The van der Waals surface area contributed by atoms with Crippen LogP contribution in [0.5, 0.6) is 0 Å². The minimum absolute atomic E-state index is 0.616. The Morgan fingerprint density at radius 3 is 2.71 bits per heavy atom. The number of benzene rings is 1. The van der Waals surface area contributed by atoms with Gasteiger partial charge in [-0.05, 0) is 81.3 Å². The van der Waals surface area contributed by atoms with E-state index < -0.39 is 0 Å². The standard InChI is InChI=1S/C24H33N3O/c1-19(16-23-8-5-15-28-23)18-27-13-11-21(12-14-27)24-22(17-25-26-24)10-9-20-6-3-2-4-7-20/h2-8,15-16,21-22,24-26H,9-14,17-18H2,1H3/b19-16+. The molecule has 2 saturated heterocycles. The summed E-state index contributed by atoms with van der Waals surface area (Å²) in [7, 11) is 0. The molecule has 4 heteroatoms. The van der Waals surface area contributed by atoms with Crippen LogP contribution in [0.15, 0.2) is 58.7 Å². The molecule has 3 heterocycles. The molecule has 0 bridgehead atoms. The van der Waals surface area contributed by atoms with E-state index in [1.807, 2.05) is 12.1 Å². The Morgan fingerprint density at radius 2 is 1.96 bits per heavy atom. The molecule has 2 unspecified atom stereocenters. The van der Waals surface area contributed by atoms with Crippen molar-refractivity contribution in [3.05, 3.63) is 65.6 Å². The lowest BCUT2D eigenvalue weighted by molar-refractivity contribution is 0.157. The molecule has 2 aliphatic heterocycles. The summed E-state index contributed by atoms with van der Waals surface area (Å²) in [6.45, 7) is 6.73. The molecule has 2 fully saturated rings. The van der Waals surface area contributed by atoms with Crippen LogP contribution in [0.2, 0.25) is 0 Å². The highest BCUT2D eigenvalue weighted by atomic mass is 16.3. The smallest absolute Gasteiger partial charge is 0.126 e. The molecule has 0 saturated carbocycles. The monoisotopic (exact) mass is 379 g/mol. The second-order valence-electron chi connectivity index (χ2n) is 8.46. The van der Waals surface area contributed by atoms with Gasteiger partial charge in [0.25, 0.3) is 0 Å². The van der Waals surface area contributed by atoms with Crippen molar-refractivity contribution < 1.29 is 4.42 Å². The van der Waals surface area contributed by atoms with Gasteiger partial charge in [0, 0.05) is 19.1 Å². The fraction of sp³-hybridized carbons (Fsp3) is 0.500. The van der Waals surface area contributed by atoms with E-state index in [2.05, 4.69) is 59.1 Å². The third kappa shape index (κ3) is 5.13. The topological polar surface area (TPSA) is 40.4 Å². The Labute approximate surface area is 169 Å². The molecule has 0 radical (unpaired) electrons. The molecule has 28 heavy (non-hydrogen) atoms. The maximum Gasteiger partial charge on any atom is 0.126 e. The minimum Gasteiger partial charge on any atom is -0.465 e. The van der Waals surface area contributed by atoms with Gasteiger partial charge in [-0.2, -0.15) is 0 Å². The lowest BCUT2D eigenvalue weighted by Gasteiger charge is -2.36. The van der Waals surface area contributed by atoms with Crippen LogP contribution < -0.4 is 10.9 Å². The van der Waals surface area contributed by atoms with Gasteiger partial charge in [-0.15, -0.1) is 0 Å². The van der Waals surface area contributed by atoms with Crippen LogP contribution in [-0.4, -0.2) is 37.1 Å². The summed E-state index contributed by atoms with van der Waals surface area (Å²) in [6.07, 6.45) is 8.92. The molecule has 2 atom stereocenters. The highest BCUT2D eigenvalue weighted by Crippen LogP contribution is 2.29. The highest BCUT2D eigenvalue weighted by Gasteiger charge is 2.34. The number of hydrogen-bond donors (Lipinski definition) is 2. The molecular formula is C24H33N3O. The maximum absolute atomic E-state index is 5.43. The SMILES string of the molecule is C/C(=C\c1ccco1)CN1CCC(C2NNCC2CCc2ccccc2)CC1. The van der Waals surface area contributed by atoms with Crippen LogP contribution in [0.4, 0.5) is 0 Å². The largest absolute Gasteiger partial charge is 0.465 e. The molecule has 2 aromatic rings. The van der Waals surface area contributed by atoms with Crippen LogP contribution >= 0.6 is 0 Å². The van der Waals surface area contributed by atoms with Crippen LogP contribution in [0, 0.1) is 11.8 Å². The molecule has 0 aliphatic carbocycles. The number of rotatable bonds is 7. The second-order valence-corrected chi connectivity index (χ2v) is 8.46. The number of piperidine rings is 1. The summed E-state index contributed by atoms with van der Waals surface area (Å²) < 4.78 is 5.43. The number of furan rings is 1. The lowest BCUT2D eigenvalue weighted by atomic mass is 9.81. The van der Waals surface area contributed by atoms with Gasteiger partial charge in [0.15, 0.2) is 0 Å². The summed E-state index contributed by atoms with van der Waals surface area (Å²) in [4.78, 5) is 2.59. The van der Waals surface area contributed by atoms with Gasteiger partial charge >= 0.3 is 0 Å². The van der Waals surface area contributed by atoms with E-state index in [4.69, 9.17) is 4.42 Å². The average molecular weight is 380 g/mol. The van der Waals surface area contributed by atoms with Crippen LogP contribution in [0.25, 0.3) is 6.08 Å². The zero-order valence-corrected chi connectivity index (χ0v) is 16.9. The first-order valence-electron chi connectivity index (χ1n) is 10.7. The third-order valence-corrected chi connectivity index (χ3v) is 6.33. The van der Waals surface area contributed by atoms with E-state index in [9.17, 15) is 0 Å².